The molecule has 0 heterocycles. The van der Waals surface area contributed by atoms with Crippen LogP contribution in [0.3, 0.4) is 0 Å². The maximum atomic E-state index is 5.30. The second kappa shape index (κ2) is 6.92. The van der Waals surface area contributed by atoms with Crippen molar-refractivity contribution in [3.63, 3.8) is 0 Å². The van der Waals surface area contributed by atoms with Crippen molar-refractivity contribution < 1.29 is 4.74 Å². The lowest BCUT2D eigenvalue weighted by Crippen LogP contribution is -2.40. The molecular weight excluding hydrogens is 358 g/mol. The van der Waals surface area contributed by atoms with E-state index in [1.54, 1.807) is 7.11 Å². The Labute approximate surface area is 126 Å². The van der Waals surface area contributed by atoms with E-state index in [0.29, 0.717) is 0 Å². The van der Waals surface area contributed by atoms with Crippen LogP contribution >= 0.6 is 31.9 Å². The highest BCUT2D eigenvalue weighted by Crippen LogP contribution is 2.29. The molecule has 1 aliphatic rings. The standard InChI is InChI=1S/C14H19Br2NO/c1-18-13-5-6-14(16)11(9-13)10-17(8-7-15)12-3-2-4-12/h5-6,9,12H,2-4,7-8,10H2,1H3. The van der Waals surface area contributed by atoms with Crippen LogP contribution in [0.15, 0.2) is 22.7 Å². The topological polar surface area (TPSA) is 12.5 Å². The number of hydrogen-bond donors (Lipinski definition) is 0. The third kappa shape index (κ3) is 3.49. The van der Waals surface area contributed by atoms with Gasteiger partial charge < -0.3 is 4.74 Å². The van der Waals surface area contributed by atoms with Crippen molar-refractivity contribution in [2.24, 2.45) is 0 Å². The fraction of sp³-hybridized carbons (Fsp3) is 0.571. The normalized spacial score (nSPS) is 15.8. The molecule has 18 heavy (non-hydrogen) atoms. The predicted molar refractivity (Wildman–Crippen MR) is 82.5 cm³/mol. The molecule has 0 N–H and O–H groups in total. The van der Waals surface area contributed by atoms with Gasteiger partial charge in [-0.3, -0.25) is 4.90 Å². The number of halogens is 2. The van der Waals surface area contributed by atoms with E-state index in [4.69, 9.17) is 4.74 Å². The van der Waals surface area contributed by atoms with Crippen LogP contribution in [-0.2, 0) is 6.54 Å². The molecule has 1 aromatic carbocycles. The summed E-state index contributed by atoms with van der Waals surface area (Å²) in [5, 5.41) is 1.03. The van der Waals surface area contributed by atoms with Crippen molar-refractivity contribution in [3.05, 3.63) is 28.2 Å². The van der Waals surface area contributed by atoms with E-state index in [2.05, 4.69) is 48.9 Å². The molecule has 0 unspecified atom stereocenters. The van der Waals surface area contributed by atoms with Crippen LogP contribution in [0.25, 0.3) is 0 Å². The number of alkyl halides is 1. The minimum Gasteiger partial charge on any atom is -0.497 e. The van der Waals surface area contributed by atoms with E-state index in [0.717, 1.165) is 30.2 Å². The molecule has 0 bridgehead atoms. The molecule has 1 aromatic rings. The summed E-state index contributed by atoms with van der Waals surface area (Å²) in [7, 11) is 1.72. The minimum absolute atomic E-state index is 0.764. The molecule has 100 valence electrons. The van der Waals surface area contributed by atoms with Gasteiger partial charge in [-0.2, -0.15) is 0 Å². The Bertz CT molecular complexity index is 393. The van der Waals surface area contributed by atoms with Gasteiger partial charge in [-0.25, -0.2) is 0 Å². The quantitative estimate of drug-likeness (QED) is 0.689. The third-order valence-electron chi connectivity index (χ3n) is 3.59. The average Bonchev–Trinajstić information content (AvgIpc) is 2.30. The fourth-order valence-electron chi connectivity index (χ4n) is 2.27. The van der Waals surface area contributed by atoms with E-state index in [1.807, 2.05) is 6.07 Å². The Morgan fingerprint density at radius 3 is 2.72 bits per heavy atom. The van der Waals surface area contributed by atoms with E-state index >= 15 is 0 Å². The van der Waals surface area contributed by atoms with E-state index in [9.17, 15) is 0 Å². The van der Waals surface area contributed by atoms with Crippen molar-refractivity contribution in [3.8, 4) is 5.75 Å². The Morgan fingerprint density at radius 2 is 2.17 bits per heavy atom. The van der Waals surface area contributed by atoms with Crippen LogP contribution in [0.4, 0.5) is 0 Å². The maximum absolute atomic E-state index is 5.30. The fourth-order valence-corrected chi connectivity index (χ4v) is 3.10. The lowest BCUT2D eigenvalue weighted by atomic mass is 9.91. The lowest BCUT2D eigenvalue weighted by Gasteiger charge is -2.37. The zero-order valence-corrected chi connectivity index (χ0v) is 13.8. The van der Waals surface area contributed by atoms with Gasteiger partial charge in [0.15, 0.2) is 0 Å². The Balaban J connectivity index is 2.09. The smallest absolute Gasteiger partial charge is 0.119 e. The number of methoxy groups -OCH3 is 1. The number of nitrogens with zero attached hydrogens (tertiary/aromatic N) is 1. The first-order valence-electron chi connectivity index (χ1n) is 6.37. The first kappa shape index (κ1) is 14.4. The predicted octanol–water partition coefficient (Wildman–Crippen LogP) is 4.21. The van der Waals surface area contributed by atoms with Crippen molar-refractivity contribution in [2.45, 2.75) is 31.8 Å². The third-order valence-corrected chi connectivity index (χ3v) is 4.72. The zero-order chi connectivity index (χ0) is 13.0. The van der Waals surface area contributed by atoms with Crippen LogP contribution in [0.1, 0.15) is 24.8 Å². The lowest BCUT2D eigenvalue weighted by molar-refractivity contribution is 0.128. The summed E-state index contributed by atoms with van der Waals surface area (Å²) in [6, 6.07) is 6.96. The number of rotatable bonds is 6. The molecule has 1 aliphatic carbocycles. The van der Waals surface area contributed by atoms with Gasteiger partial charge in [0.2, 0.25) is 0 Å². The summed E-state index contributed by atoms with van der Waals surface area (Å²) in [5.74, 6) is 0.931. The SMILES string of the molecule is COc1ccc(Br)c(CN(CCBr)C2CCC2)c1. The summed E-state index contributed by atoms with van der Waals surface area (Å²) >= 11 is 7.19. The molecule has 0 atom stereocenters. The first-order valence-corrected chi connectivity index (χ1v) is 8.28. The number of benzene rings is 1. The monoisotopic (exact) mass is 375 g/mol. The Kier molecular flexibility index (Phi) is 5.52. The van der Waals surface area contributed by atoms with Gasteiger partial charge in [0.1, 0.15) is 5.75 Å². The van der Waals surface area contributed by atoms with Gasteiger partial charge in [0, 0.05) is 28.9 Å². The zero-order valence-electron chi connectivity index (χ0n) is 10.7. The highest BCUT2D eigenvalue weighted by molar-refractivity contribution is 9.10. The second-order valence-corrected chi connectivity index (χ2v) is 6.35. The van der Waals surface area contributed by atoms with Gasteiger partial charge >= 0.3 is 0 Å². The molecule has 0 radical (unpaired) electrons. The van der Waals surface area contributed by atoms with Crippen molar-refractivity contribution >= 4 is 31.9 Å². The Hall–Kier alpha value is -0.0600. The van der Waals surface area contributed by atoms with Crippen molar-refractivity contribution in [1.82, 2.24) is 4.90 Å². The highest BCUT2D eigenvalue weighted by Gasteiger charge is 2.24. The van der Waals surface area contributed by atoms with Gasteiger partial charge in [-0.15, -0.1) is 0 Å². The molecule has 0 amide bonds. The van der Waals surface area contributed by atoms with Crippen LogP contribution in [0.2, 0.25) is 0 Å². The number of ether oxygens (including phenoxy) is 1. The molecule has 0 spiro atoms. The summed E-state index contributed by atoms with van der Waals surface area (Å²) in [6.07, 6.45) is 4.06. The van der Waals surface area contributed by atoms with Gasteiger partial charge in [-0.1, -0.05) is 38.3 Å². The second-order valence-electron chi connectivity index (χ2n) is 4.70. The molecule has 0 saturated heterocycles. The molecule has 1 fully saturated rings. The summed E-state index contributed by atoms with van der Waals surface area (Å²) in [4.78, 5) is 2.57. The van der Waals surface area contributed by atoms with Crippen LogP contribution < -0.4 is 4.74 Å². The molecule has 1 saturated carbocycles. The highest BCUT2D eigenvalue weighted by atomic mass is 79.9. The van der Waals surface area contributed by atoms with Crippen LogP contribution in [0, 0.1) is 0 Å². The van der Waals surface area contributed by atoms with E-state index in [1.165, 1.54) is 29.3 Å². The molecular formula is C14H19Br2NO. The minimum atomic E-state index is 0.764. The molecule has 2 nitrogen and oxygen atoms in total. The summed E-state index contributed by atoms with van der Waals surface area (Å²) < 4.78 is 6.47. The summed E-state index contributed by atoms with van der Waals surface area (Å²) in [6.45, 7) is 2.10. The maximum Gasteiger partial charge on any atom is 0.119 e. The van der Waals surface area contributed by atoms with E-state index < -0.39 is 0 Å². The van der Waals surface area contributed by atoms with Gasteiger partial charge in [0.25, 0.3) is 0 Å². The van der Waals surface area contributed by atoms with Crippen molar-refractivity contribution in [1.29, 1.82) is 0 Å². The van der Waals surface area contributed by atoms with E-state index in [-0.39, 0.29) is 0 Å². The van der Waals surface area contributed by atoms with Gasteiger partial charge in [-0.05, 0) is 36.6 Å². The van der Waals surface area contributed by atoms with Crippen LogP contribution in [-0.4, -0.2) is 29.9 Å². The van der Waals surface area contributed by atoms with Crippen molar-refractivity contribution in [2.75, 3.05) is 19.0 Å². The number of hydrogen-bond acceptors (Lipinski definition) is 2. The largest absolute Gasteiger partial charge is 0.497 e. The molecule has 0 aliphatic heterocycles. The van der Waals surface area contributed by atoms with Crippen LogP contribution in [0.5, 0.6) is 5.75 Å². The molecule has 0 aromatic heterocycles. The molecule has 2 rings (SSSR count). The van der Waals surface area contributed by atoms with Gasteiger partial charge in [0.05, 0.1) is 7.11 Å². The Morgan fingerprint density at radius 1 is 1.39 bits per heavy atom. The first-order chi connectivity index (χ1) is 8.74. The molecule has 4 heteroatoms. The summed E-state index contributed by atoms with van der Waals surface area (Å²) in [5.41, 5.74) is 1.31. The average molecular weight is 377 g/mol.